The summed E-state index contributed by atoms with van der Waals surface area (Å²) in [6.07, 6.45) is 7.73. The van der Waals surface area contributed by atoms with Crippen molar-refractivity contribution in [2.24, 2.45) is 0 Å². The molecule has 3 rings (SSSR count). The van der Waals surface area contributed by atoms with Crippen molar-refractivity contribution < 1.29 is 0 Å². The zero-order valence-corrected chi connectivity index (χ0v) is 12.7. The number of aryl methyl sites for hydroxylation is 1. The normalized spacial score (nSPS) is 22.1. The Bertz CT molecular complexity index is 520. The maximum absolute atomic E-state index is 3.86. The number of nitrogens with one attached hydrogen (secondary N) is 1. The molecule has 1 aliphatic rings. The van der Waals surface area contributed by atoms with Crippen LogP contribution in [0.5, 0.6) is 0 Å². The molecule has 1 heteroatoms. The molecule has 0 saturated carbocycles. The monoisotopic (exact) mass is 279 g/mol. The van der Waals surface area contributed by atoms with Crippen LogP contribution in [0.2, 0.25) is 0 Å². The number of piperidine rings is 1. The molecule has 1 fully saturated rings. The highest BCUT2D eigenvalue weighted by atomic mass is 15.0. The topological polar surface area (TPSA) is 12.0 Å². The van der Waals surface area contributed by atoms with Gasteiger partial charge in [0.15, 0.2) is 0 Å². The molecule has 0 aliphatic carbocycles. The van der Waals surface area contributed by atoms with Gasteiger partial charge in [0, 0.05) is 12.1 Å². The van der Waals surface area contributed by atoms with Gasteiger partial charge >= 0.3 is 0 Å². The maximum atomic E-state index is 3.86. The molecule has 2 atom stereocenters. The highest BCUT2D eigenvalue weighted by Gasteiger charge is 2.21. The molecule has 1 N–H and O–H groups in total. The number of hydrogen-bond acceptors (Lipinski definition) is 1. The van der Waals surface area contributed by atoms with Crippen molar-refractivity contribution in [3.05, 3.63) is 71.8 Å². The molecule has 0 unspecified atom stereocenters. The summed E-state index contributed by atoms with van der Waals surface area (Å²) in [6.45, 7) is 0. The lowest BCUT2D eigenvalue weighted by molar-refractivity contribution is 0.308. The summed E-state index contributed by atoms with van der Waals surface area (Å²) in [4.78, 5) is 0. The predicted molar refractivity (Wildman–Crippen MR) is 89.3 cm³/mol. The summed E-state index contributed by atoms with van der Waals surface area (Å²) in [5.41, 5.74) is 2.91. The fraction of sp³-hybridized carbons (Fsp3) is 0.400. The minimum Gasteiger partial charge on any atom is -0.307 e. The summed E-state index contributed by atoms with van der Waals surface area (Å²) < 4.78 is 0. The standard InChI is InChI=1S/C20H25N/c1-3-9-17(10-4-1)11-7-14-19-15-8-16-20(21-19)18-12-5-2-6-13-18/h1-6,9-10,12-13,19-21H,7-8,11,14-16H2/t19-,20-/m0/s1. The van der Waals surface area contributed by atoms with Crippen LogP contribution in [0.15, 0.2) is 60.7 Å². The molecular formula is C20H25N. The first kappa shape index (κ1) is 14.3. The fourth-order valence-corrected chi connectivity index (χ4v) is 3.39. The average molecular weight is 279 g/mol. The van der Waals surface area contributed by atoms with Crippen LogP contribution in [0.1, 0.15) is 49.3 Å². The van der Waals surface area contributed by atoms with Gasteiger partial charge in [-0.1, -0.05) is 67.1 Å². The van der Waals surface area contributed by atoms with Crippen molar-refractivity contribution in [3.63, 3.8) is 0 Å². The van der Waals surface area contributed by atoms with Crippen molar-refractivity contribution in [1.29, 1.82) is 0 Å². The van der Waals surface area contributed by atoms with Crippen molar-refractivity contribution in [2.75, 3.05) is 0 Å². The largest absolute Gasteiger partial charge is 0.307 e. The summed E-state index contributed by atoms with van der Waals surface area (Å²) in [7, 11) is 0. The van der Waals surface area contributed by atoms with E-state index in [1.54, 1.807) is 0 Å². The molecule has 1 nitrogen and oxygen atoms in total. The van der Waals surface area contributed by atoms with E-state index >= 15 is 0 Å². The highest BCUT2D eigenvalue weighted by molar-refractivity contribution is 5.19. The molecule has 0 radical (unpaired) electrons. The van der Waals surface area contributed by atoms with Gasteiger partial charge in [0.1, 0.15) is 0 Å². The molecule has 0 spiro atoms. The van der Waals surface area contributed by atoms with Gasteiger partial charge in [-0.15, -0.1) is 0 Å². The lowest BCUT2D eigenvalue weighted by Crippen LogP contribution is -2.36. The van der Waals surface area contributed by atoms with E-state index in [-0.39, 0.29) is 0 Å². The Kier molecular flexibility index (Phi) is 5.07. The fourth-order valence-electron chi connectivity index (χ4n) is 3.39. The van der Waals surface area contributed by atoms with Crippen LogP contribution in [0.25, 0.3) is 0 Å². The Labute approximate surface area is 128 Å². The van der Waals surface area contributed by atoms with E-state index in [1.165, 1.54) is 49.7 Å². The Morgan fingerprint density at radius 3 is 2.33 bits per heavy atom. The van der Waals surface area contributed by atoms with Gasteiger partial charge in [-0.25, -0.2) is 0 Å². The summed E-state index contributed by atoms with van der Waals surface area (Å²) in [5.74, 6) is 0. The maximum Gasteiger partial charge on any atom is 0.0322 e. The second-order valence-corrected chi connectivity index (χ2v) is 6.14. The van der Waals surface area contributed by atoms with Gasteiger partial charge < -0.3 is 5.32 Å². The Balaban J connectivity index is 1.48. The van der Waals surface area contributed by atoms with E-state index in [4.69, 9.17) is 0 Å². The summed E-state index contributed by atoms with van der Waals surface area (Å²) >= 11 is 0. The van der Waals surface area contributed by atoms with E-state index < -0.39 is 0 Å². The van der Waals surface area contributed by atoms with Crippen LogP contribution in [0.3, 0.4) is 0 Å². The predicted octanol–water partition coefficient (Wildman–Crippen LogP) is 4.89. The SMILES string of the molecule is c1ccc(CCC[C@H]2CCC[C@@H](c3ccccc3)N2)cc1. The molecule has 110 valence electrons. The van der Waals surface area contributed by atoms with E-state index in [2.05, 4.69) is 66.0 Å². The molecule has 0 amide bonds. The molecule has 2 aromatic rings. The quantitative estimate of drug-likeness (QED) is 0.821. The zero-order valence-electron chi connectivity index (χ0n) is 12.7. The van der Waals surface area contributed by atoms with E-state index in [0.717, 1.165) is 0 Å². The third-order valence-electron chi connectivity index (χ3n) is 4.55. The van der Waals surface area contributed by atoms with Crippen molar-refractivity contribution in [3.8, 4) is 0 Å². The molecule has 0 bridgehead atoms. The second kappa shape index (κ2) is 7.42. The second-order valence-electron chi connectivity index (χ2n) is 6.14. The van der Waals surface area contributed by atoms with E-state index in [9.17, 15) is 0 Å². The van der Waals surface area contributed by atoms with Crippen LogP contribution in [0, 0.1) is 0 Å². The third-order valence-corrected chi connectivity index (χ3v) is 4.55. The number of rotatable bonds is 5. The molecule has 21 heavy (non-hydrogen) atoms. The van der Waals surface area contributed by atoms with Gasteiger partial charge in [-0.3, -0.25) is 0 Å². The van der Waals surface area contributed by atoms with E-state index in [1.807, 2.05) is 0 Å². The van der Waals surface area contributed by atoms with Crippen molar-refractivity contribution in [1.82, 2.24) is 5.32 Å². The van der Waals surface area contributed by atoms with Crippen LogP contribution in [-0.4, -0.2) is 6.04 Å². The van der Waals surface area contributed by atoms with Crippen LogP contribution in [0.4, 0.5) is 0 Å². The first-order valence-electron chi connectivity index (χ1n) is 8.27. The summed E-state index contributed by atoms with van der Waals surface area (Å²) in [6, 6.07) is 23.0. The van der Waals surface area contributed by atoms with Crippen LogP contribution in [-0.2, 0) is 6.42 Å². The Morgan fingerprint density at radius 2 is 1.57 bits per heavy atom. The number of benzene rings is 2. The van der Waals surface area contributed by atoms with Crippen molar-refractivity contribution in [2.45, 2.75) is 50.6 Å². The minimum atomic E-state index is 0.557. The third kappa shape index (κ3) is 4.18. The highest BCUT2D eigenvalue weighted by Crippen LogP contribution is 2.27. The van der Waals surface area contributed by atoms with Gasteiger partial charge in [0.25, 0.3) is 0 Å². The first-order valence-corrected chi connectivity index (χ1v) is 8.27. The minimum absolute atomic E-state index is 0.557. The number of hydrogen-bond donors (Lipinski definition) is 1. The van der Waals surface area contributed by atoms with Gasteiger partial charge in [0.05, 0.1) is 0 Å². The smallest absolute Gasteiger partial charge is 0.0322 e. The zero-order chi connectivity index (χ0) is 14.3. The van der Waals surface area contributed by atoms with Crippen LogP contribution < -0.4 is 5.32 Å². The molecular weight excluding hydrogens is 254 g/mol. The Morgan fingerprint density at radius 1 is 0.857 bits per heavy atom. The lowest BCUT2D eigenvalue weighted by Gasteiger charge is -2.31. The van der Waals surface area contributed by atoms with Gasteiger partial charge in [0.2, 0.25) is 0 Å². The lowest BCUT2D eigenvalue weighted by atomic mass is 9.91. The van der Waals surface area contributed by atoms with Gasteiger partial charge in [-0.2, -0.15) is 0 Å². The molecule has 0 aromatic heterocycles. The van der Waals surface area contributed by atoms with Crippen LogP contribution >= 0.6 is 0 Å². The summed E-state index contributed by atoms with van der Waals surface area (Å²) in [5, 5.41) is 3.86. The van der Waals surface area contributed by atoms with Gasteiger partial charge in [-0.05, 0) is 43.2 Å². The van der Waals surface area contributed by atoms with E-state index in [0.29, 0.717) is 12.1 Å². The molecule has 1 saturated heterocycles. The molecule has 2 aromatic carbocycles. The molecule has 1 heterocycles. The average Bonchev–Trinajstić information content (AvgIpc) is 2.57. The molecule has 1 aliphatic heterocycles. The van der Waals surface area contributed by atoms with Crippen molar-refractivity contribution >= 4 is 0 Å². The Hall–Kier alpha value is -1.60. The first-order chi connectivity index (χ1) is 10.4.